The molecule has 2 atom stereocenters. The summed E-state index contributed by atoms with van der Waals surface area (Å²) in [5.74, 6) is 2.45. The minimum absolute atomic E-state index is 0.191. The van der Waals surface area contributed by atoms with Crippen LogP contribution in [-0.2, 0) is 17.2 Å². The zero-order chi connectivity index (χ0) is 27.5. The van der Waals surface area contributed by atoms with E-state index in [1.165, 1.54) is 54.4 Å². The standard InChI is InChI=1S/C18H28O3S.C14H16N2/c1-3-4-5-6-7-8-11-22(19)15(2)12-16-9-10-17-18(13-16)21-14-20-17;1-9-8-12(15)4-5-13(9)11-3-6-14(16)10(2)7-11/h9-10,13,15H,3-8,11-12,14H2,1-2H3;3-8H,15-16H2,1-2H3. The highest BCUT2D eigenvalue weighted by Gasteiger charge is 2.16. The van der Waals surface area contributed by atoms with Gasteiger partial charge in [-0.2, -0.15) is 0 Å². The van der Waals surface area contributed by atoms with E-state index in [0.717, 1.165) is 47.0 Å². The topological polar surface area (TPSA) is 87.6 Å². The summed E-state index contributed by atoms with van der Waals surface area (Å²) in [5.41, 5.74) is 19.0. The average Bonchev–Trinajstić information content (AvgIpc) is 3.36. The number of anilines is 2. The Kier molecular flexibility index (Phi) is 11.5. The van der Waals surface area contributed by atoms with Crippen LogP contribution in [0.2, 0.25) is 0 Å². The second-order valence-electron chi connectivity index (χ2n) is 10.2. The van der Waals surface area contributed by atoms with E-state index in [2.05, 4.69) is 32.9 Å². The van der Waals surface area contributed by atoms with Crippen LogP contribution in [0.5, 0.6) is 11.5 Å². The van der Waals surface area contributed by atoms with Gasteiger partial charge < -0.3 is 20.9 Å². The predicted molar refractivity (Wildman–Crippen MR) is 162 cm³/mol. The number of hydrogen-bond donors (Lipinski definition) is 2. The normalized spacial score (nSPS) is 13.5. The van der Waals surface area contributed by atoms with Crippen LogP contribution in [-0.4, -0.2) is 22.0 Å². The van der Waals surface area contributed by atoms with Crippen LogP contribution < -0.4 is 20.9 Å². The van der Waals surface area contributed by atoms with E-state index in [-0.39, 0.29) is 5.25 Å². The monoisotopic (exact) mass is 536 g/mol. The van der Waals surface area contributed by atoms with Crippen LogP contribution in [0.1, 0.15) is 69.1 Å². The molecule has 0 saturated heterocycles. The highest BCUT2D eigenvalue weighted by Crippen LogP contribution is 2.33. The molecule has 4 N–H and O–H groups in total. The molecule has 0 aromatic heterocycles. The van der Waals surface area contributed by atoms with Gasteiger partial charge in [0.2, 0.25) is 6.79 Å². The molecule has 206 valence electrons. The third kappa shape index (κ3) is 8.80. The zero-order valence-corrected chi connectivity index (χ0v) is 24.2. The molecule has 0 radical (unpaired) electrons. The maximum Gasteiger partial charge on any atom is 0.231 e. The Morgan fingerprint density at radius 3 is 2.32 bits per heavy atom. The Morgan fingerprint density at radius 1 is 0.842 bits per heavy atom. The maximum absolute atomic E-state index is 12.3. The average molecular weight is 537 g/mol. The molecule has 5 nitrogen and oxygen atoms in total. The highest BCUT2D eigenvalue weighted by atomic mass is 32.2. The Bertz CT molecular complexity index is 1210. The summed E-state index contributed by atoms with van der Waals surface area (Å²) in [6.45, 7) is 8.70. The molecule has 6 heteroatoms. The lowest BCUT2D eigenvalue weighted by Gasteiger charge is -2.12. The van der Waals surface area contributed by atoms with Crippen LogP contribution in [0.3, 0.4) is 0 Å². The van der Waals surface area contributed by atoms with Crippen molar-refractivity contribution in [1.82, 2.24) is 0 Å². The van der Waals surface area contributed by atoms with Gasteiger partial charge in [-0.3, -0.25) is 4.21 Å². The van der Waals surface area contributed by atoms with Crippen molar-refractivity contribution in [2.24, 2.45) is 0 Å². The van der Waals surface area contributed by atoms with Gasteiger partial charge in [0.25, 0.3) is 0 Å². The molecule has 3 aromatic rings. The summed E-state index contributed by atoms with van der Waals surface area (Å²) in [5, 5.41) is 0.191. The second-order valence-corrected chi connectivity index (χ2v) is 12.2. The van der Waals surface area contributed by atoms with Crippen molar-refractivity contribution in [3.8, 4) is 22.6 Å². The summed E-state index contributed by atoms with van der Waals surface area (Å²) >= 11 is 0. The Labute approximate surface area is 231 Å². The van der Waals surface area contributed by atoms with Gasteiger partial charge in [-0.05, 0) is 90.9 Å². The van der Waals surface area contributed by atoms with E-state index in [1.807, 2.05) is 49.4 Å². The van der Waals surface area contributed by atoms with Gasteiger partial charge in [0, 0.05) is 33.2 Å². The molecule has 0 spiro atoms. The third-order valence-electron chi connectivity index (χ3n) is 6.94. The summed E-state index contributed by atoms with van der Waals surface area (Å²) in [6.07, 6.45) is 8.32. The molecule has 0 aliphatic carbocycles. The molecule has 1 aliphatic heterocycles. The predicted octanol–water partition coefficient (Wildman–Crippen LogP) is 7.59. The highest BCUT2D eigenvalue weighted by molar-refractivity contribution is 7.85. The minimum Gasteiger partial charge on any atom is -0.454 e. The lowest BCUT2D eigenvalue weighted by Crippen LogP contribution is -2.16. The van der Waals surface area contributed by atoms with Crippen molar-refractivity contribution in [3.05, 3.63) is 71.3 Å². The van der Waals surface area contributed by atoms with Gasteiger partial charge in [0.15, 0.2) is 11.5 Å². The summed E-state index contributed by atoms with van der Waals surface area (Å²) in [4.78, 5) is 0. The Balaban J connectivity index is 0.000000221. The SMILES string of the molecule is CCCCCCCCS(=O)C(C)Cc1ccc2c(c1)OCO2.Cc1cc(-c2ccc(N)cc2C)ccc1N. The second kappa shape index (κ2) is 14.8. The lowest BCUT2D eigenvalue weighted by atomic mass is 9.98. The van der Waals surface area contributed by atoms with E-state index in [9.17, 15) is 4.21 Å². The first-order valence-electron chi connectivity index (χ1n) is 13.8. The number of nitrogens with two attached hydrogens (primary N) is 2. The van der Waals surface area contributed by atoms with Crippen molar-refractivity contribution >= 4 is 22.2 Å². The fraction of sp³-hybridized carbons (Fsp3) is 0.438. The molecule has 1 heterocycles. The fourth-order valence-corrected chi connectivity index (χ4v) is 5.84. The lowest BCUT2D eigenvalue weighted by molar-refractivity contribution is 0.174. The molecular weight excluding hydrogens is 492 g/mol. The van der Waals surface area contributed by atoms with Gasteiger partial charge in [0.1, 0.15) is 0 Å². The van der Waals surface area contributed by atoms with Crippen LogP contribution in [0.25, 0.3) is 11.1 Å². The van der Waals surface area contributed by atoms with Crippen molar-refractivity contribution in [2.75, 3.05) is 24.0 Å². The quantitative estimate of drug-likeness (QED) is 0.195. The van der Waals surface area contributed by atoms with Gasteiger partial charge >= 0.3 is 0 Å². The molecular formula is C32H44N2O3S. The molecule has 4 rings (SSSR count). The van der Waals surface area contributed by atoms with Gasteiger partial charge in [-0.25, -0.2) is 0 Å². The molecule has 2 unspecified atom stereocenters. The minimum atomic E-state index is -0.743. The van der Waals surface area contributed by atoms with E-state index in [1.54, 1.807) is 0 Å². The van der Waals surface area contributed by atoms with Gasteiger partial charge in [-0.15, -0.1) is 0 Å². The summed E-state index contributed by atoms with van der Waals surface area (Å²) < 4.78 is 23.0. The summed E-state index contributed by atoms with van der Waals surface area (Å²) in [7, 11) is -0.743. The molecule has 0 saturated carbocycles. The third-order valence-corrected chi connectivity index (χ3v) is 8.69. The Morgan fingerprint density at radius 2 is 1.58 bits per heavy atom. The number of benzene rings is 3. The smallest absolute Gasteiger partial charge is 0.231 e. The number of rotatable bonds is 11. The first-order chi connectivity index (χ1) is 18.3. The molecule has 0 amide bonds. The first kappa shape index (κ1) is 29.6. The van der Waals surface area contributed by atoms with Gasteiger partial charge in [-0.1, -0.05) is 64.2 Å². The number of aryl methyl sites for hydroxylation is 2. The van der Waals surface area contributed by atoms with Crippen molar-refractivity contribution < 1.29 is 13.7 Å². The molecule has 1 aliphatic rings. The van der Waals surface area contributed by atoms with Crippen LogP contribution in [0.4, 0.5) is 11.4 Å². The number of unbranched alkanes of at least 4 members (excludes halogenated alkanes) is 5. The molecule has 3 aromatic carbocycles. The molecule has 38 heavy (non-hydrogen) atoms. The zero-order valence-electron chi connectivity index (χ0n) is 23.4. The van der Waals surface area contributed by atoms with E-state index in [4.69, 9.17) is 20.9 Å². The maximum atomic E-state index is 12.3. The van der Waals surface area contributed by atoms with E-state index < -0.39 is 10.8 Å². The summed E-state index contributed by atoms with van der Waals surface area (Å²) in [6, 6.07) is 18.1. The molecule has 0 bridgehead atoms. The van der Waals surface area contributed by atoms with Crippen LogP contribution in [0, 0.1) is 13.8 Å². The number of fused-ring (bicyclic) bond motifs is 1. The number of nitrogen functional groups attached to an aromatic ring is 2. The first-order valence-corrected chi connectivity index (χ1v) is 15.1. The van der Waals surface area contributed by atoms with Crippen molar-refractivity contribution in [2.45, 2.75) is 77.9 Å². The largest absolute Gasteiger partial charge is 0.454 e. The molecule has 0 fully saturated rings. The Hall–Kier alpha value is -2.99. The van der Waals surface area contributed by atoms with E-state index >= 15 is 0 Å². The number of ether oxygens (including phenoxy) is 2. The van der Waals surface area contributed by atoms with E-state index in [0.29, 0.717) is 6.79 Å². The number of hydrogen-bond acceptors (Lipinski definition) is 5. The van der Waals surface area contributed by atoms with Gasteiger partial charge in [0.05, 0.1) is 0 Å². The fourth-order valence-electron chi connectivity index (χ4n) is 4.57. The van der Waals surface area contributed by atoms with Crippen molar-refractivity contribution in [3.63, 3.8) is 0 Å². The van der Waals surface area contributed by atoms with Crippen molar-refractivity contribution in [1.29, 1.82) is 0 Å². The van der Waals surface area contributed by atoms with Crippen LogP contribution >= 0.6 is 0 Å². The van der Waals surface area contributed by atoms with Crippen LogP contribution in [0.15, 0.2) is 54.6 Å².